The first-order chi connectivity index (χ1) is 9.79. The molecule has 2 rings (SSSR count). The highest BCUT2D eigenvalue weighted by Crippen LogP contribution is 2.26. The normalized spacial score (nSPS) is 19.3. The number of alkyl halides is 2. The average Bonchev–Trinajstić information content (AvgIpc) is 3.04. The van der Waals surface area contributed by atoms with E-state index in [0.717, 1.165) is 5.01 Å². The quantitative estimate of drug-likeness (QED) is 0.932. The lowest BCUT2D eigenvalue weighted by Crippen LogP contribution is -2.45. The molecule has 0 aliphatic carbocycles. The molecule has 1 aromatic rings. The molecule has 0 unspecified atom stereocenters. The molecule has 1 fully saturated rings. The van der Waals surface area contributed by atoms with Crippen molar-refractivity contribution in [3.05, 3.63) is 10.0 Å². The Labute approximate surface area is 126 Å². The van der Waals surface area contributed by atoms with Gasteiger partial charge in [0, 0.05) is 12.0 Å². The fraction of sp³-hybridized carbons (Fsp3) is 0.769. The Hall–Kier alpha value is -1.31. The molecule has 1 atom stereocenters. The zero-order valence-electron chi connectivity index (χ0n) is 12.4. The van der Waals surface area contributed by atoms with Crippen LogP contribution in [0.3, 0.4) is 0 Å². The van der Waals surface area contributed by atoms with E-state index < -0.39 is 18.5 Å². The minimum atomic E-state index is -2.49. The number of hydrogen-bond acceptors (Lipinski definition) is 4. The minimum Gasteiger partial charge on any atom is -0.331 e. The molecule has 1 aliphatic heterocycles. The molecule has 0 bridgehead atoms. The van der Waals surface area contributed by atoms with Crippen LogP contribution in [0.25, 0.3) is 0 Å². The number of hydrogen-bond donors (Lipinski definition) is 1. The summed E-state index contributed by atoms with van der Waals surface area (Å²) >= 11 is 1.43. The van der Waals surface area contributed by atoms with Gasteiger partial charge in [-0.2, -0.15) is 0 Å². The van der Waals surface area contributed by atoms with Crippen LogP contribution in [0, 0.1) is 0 Å². The van der Waals surface area contributed by atoms with Crippen molar-refractivity contribution >= 4 is 17.4 Å². The molecule has 1 N–H and O–H groups in total. The second-order valence-electron chi connectivity index (χ2n) is 6.15. The minimum absolute atomic E-state index is 0.0876. The maximum atomic E-state index is 12.8. The van der Waals surface area contributed by atoms with E-state index in [9.17, 15) is 13.6 Å². The van der Waals surface area contributed by atoms with E-state index in [-0.39, 0.29) is 12.0 Å². The van der Waals surface area contributed by atoms with Crippen LogP contribution in [-0.2, 0) is 12.0 Å². The van der Waals surface area contributed by atoms with E-state index in [4.69, 9.17) is 0 Å². The van der Waals surface area contributed by atoms with Gasteiger partial charge < -0.3 is 10.2 Å². The number of aromatic nitrogens is 2. The van der Waals surface area contributed by atoms with Crippen molar-refractivity contribution in [3.8, 4) is 0 Å². The van der Waals surface area contributed by atoms with Gasteiger partial charge in [-0.25, -0.2) is 13.6 Å². The van der Waals surface area contributed by atoms with Crippen molar-refractivity contribution in [3.63, 3.8) is 0 Å². The van der Waals surface area contributed by atoms with Gasteiger partial charge in [0.05, 0.1) is 12.6 Å². The van der Waals surface area contributed by atoms with Gasteiger partial charge in [0.1, 0.15) is 10.0 Å². The highest BCUT2D eigenvalue weighted by Gasteiger charge is 2.35. The van der Waals surface area contributed by atoms with Crippen LogP contribution in [0.4, 0.5) is 13.6 Å². The summed E-state index contributed by atoms with van der Waals surface area (Å²) in [5.41, 5.74) is -0.0876. The summed E-state index contributed by atoms with van der Waals surface area (Å²) in [5, 5.41) is 12.3. The van der Waals surface area contributed by atoms with Crippen molar-refractivity contribution in [1.82, 2.24) is 20.4 Å². The molecule has 118 valence electrons. The SMILES string of the molecule is CC(C)(C)c1nnc(CNC(=O)N2CCC[C@H]2C(F)F)s1. The Morgan fingerprint density at radius 1 is 1.48 bits per heavy atom. The summed E-state index contributed by atoms with van der Waals surface area (Å²) in [5.74, 6) is 0. The van der Waals surface area contributed by atoms with Gasteiger partial charge in [-0.3, -0.25) is 0 Å². The molecular weight excluding hydrogens is 298 g/mol. The Balaban J connectivity index is 1.91. The molecule has 1 aliphatic rings. The lowest BCUT2D eigenvalue weighted by molar-refractivity contribution is 0.0606. The number of amides is 2. The molecule has 0 radical (unpaired) electrons. The number of carbonyl (C=O) groups excluding carboxylic acids is 1. The fourth-order valence-corrected chi connectivity index (χ4v) is 3.02. The second-order valence-corrected chi connectivity index (χ2v) is 7.21. The van der Waals surface area contributed by atoms with Crippen molar-refractivity contribution in [1.29, 1.82) is 0 Å². The summed E-state index contributed by atoms with van der Waals surface area (Å²) in [4.78, 5) is 13.2. The molecule has 5 nitrogen and oxygen atoms in total. The van der Waals surface area contributed by atoms with E-state index in [1.54, 1.807) is 0 Å². The van der Waals surface area contributed by atoms with Gasteiger partial charge in [-0.1, -0.05) is 32.1 Å². The van der Waals surface area contributed by atoms with Crippen molar-refractivity contribution < 1.29 is 13.6 Å². The maximum absolute atomic E-state index is 12.8. The number of nitrogens with one attached hydrogen (secondary N) is 1. The molecule has 0 spiro atoms. The highest BCUT2D eigenvalue weighted by molar-refractivity contribution is 7.11. The van der Waals surface area contributed by atoms with Crippen LogP contribution in [0.15, 0.2) is 0 Å². The summed E-state index contributed by atoms with van der Waals surface area (Å²) in [6.45, 7) is 6.71. The van der Waals surface area contributed by atoms with Crippen LogP contribution in [0.5, 0.6) is 0 Å². The van der Waals surface area contributed by atoms with Gasteiger partial charge in [0.2, 0.25) is 0 Å². The smallest absolute Gasteiger partial charge is 0.318 e. The summed E-state index contributed by atoms with van der Waals surface area (Å²) in [6.07, 6.45) is -1.51. The van der Waals surface area contributed by atoms with E-state index in [2.05, 4.69) is 15.5 Å². The van der Waals surface area contributed by atoms with Crippen LogP contribution in [0.2, 0.25) is 0 Å². The Kier molecular flexibility index (Phi) is 4.75. The standard InChI is InChI=1S/C13H20F2N4OS/c1-13(2,3)11-18-17-9(21-11)7-16-12(20)19-6-4-5-8(19)10(14)15/h8,10H,4-7H2,1-3H3,(H,16,20)/t8-/m0/s1. The van der Waals surface area contributed by atoms with Crippen molar-refractivity contribution in [2.75, 3.05) is 6.54 Å². The molecule has 0 aromatic carbocycles. The number of likely N-dealkylation sites (tertiary alicyclic amines) is 1. The molecular formula is C13H20F2N4OS. The zero-order valence-corrected chi connectivity index (χ0v) is 13.2. The number of urea groups is 1. The molecule has 8 heteroatoms. The largest absolute Gasteiger partial charge is 0.331 e. The third kappa shape index (κ3) is 3.87. The van der Waals surface area contributed by atoms with Crippen molar-refractivity contribution in [2.45, 2.75) is 58.0 Å². The second kappa shape index (κ2) is 6.21. The lowest BCUT2D eigenvalue weighted by atomic mass is 9.98. The van der Waals surface area contributed by atoms with Crippen molar-refractivity contribution in [2.24, 2.45) is 0 Å². The highest BCUT2D eigenvalue weighted by atomic mass is 32.1. The maximum Gasteiger partial charge on any atom is 0.318 e. The number of halogens is 2. The summed E-state index contributed by atoms with van der Waals surface area (Å²) in [6, 6.07) is -1.42. The van der Waals surface area contributed by atoms with Gasteiger partial charge in [-0.15, -0.1) is 10.2 Å². The van der Waals surface area contributed by atoms with Crippen LogP contribution in [0.1, 0.15) is 43.6 Å². The van der Waals surface area contributed by atoms with Crippen LogP contribution < -0.4 is 5.32 Å². The van der Waals surface area contributed by atoms with Crippen LogP contribution in [-0.4, -0.2) is 40.1 Å². The van der Waals surface area contributed by atoms with Gasteiger partial charge in [0.15, 0.2) is 0 Å². The lowest BCUT2D eigenvalue weighted by Gasteiger charge is -2.23. The first-order valence-electron chi connectivity index (χ1n) is 6.94. The summed E-state index contributed by atoms with van der Waals surface area (Å²) < 4.78 is 25.6. The topological polar surface area (TPSA) is 58.1 Å². The third-order valence-corrected chi connectivity index (χ3v) is 4.70. The molecule has 1 saturated heterocycles. The Bertz CT molecular complexity index is 501. The number of nitrogens with zero attached hydrogens (tertiary/aromatic N) is 3. The number of carbonyl (C=O) groups is 1. The predicted molar refractivity (Wildman–Crippen MR) is 76.6 cm³/mol. The van der Waals surface area contributed by atoms with Gasteiger partial charge in [-0.05, 0) is 12.8 Å². The molecule has 2 amide bonds. The van der Waals surface area contributed by atoms with E-state index in [1.165, 1.54) is 16.2 Å². The molecule has 21 heavy (non-hydrogen) atoms. The average molecular weight is 318 g/mol. The van der Waals surface area contributed by atoms with Gasteiger partial charge >= 0.3 is 6.03 Å². The first kappa shape index (κ1) is 16.1. The van der Waals surface area contributed by atoms with Crippen LogP contribution >= 0.6 is 11.3 Å². The zero-order chi connectivity index (χ0) is 15.6. The Morgan fingerprint density at radius 2 is 2.19 bits per heavy atom. The monoisotopic (exact) mass is 318 g/mol. The molecule has 2 heterocycles. The number of rotatable bonds is 3. The van der Waals surface area contributed by atoms with E-state index >= 15 is 0 Å². The third-order valence-electron chi connectivity index (χ3n) is 3.35. The van der Waals surface area contributed by atoms with E-state index in [0.29, 0.717) is 24.4 Å². The predicted octanol–water partition coefficient (Wildman–Crippen LogP) is 2.77. The Morgan fingerprint density at radius 3 is 2.76 bits per heavy atom. The molecule has 0 saturated carbocycles. The summed E-state index contributed by atoms with van der Waals surface area (Å²) in [7, 11) is 0. The first-order valence-corrected chi connectivity index (χ1v) is 7.76. The fourth-order valence-electron chi connectivity index (χ4n) is 2.19. The van der Waals surface area contributed by atoms with E-state index in [1.807, 2.05) is 20.8 Å². The molecule has 1 aromatic heterocycles. The van der Waals surface area contributed by atoms with Gasteiger partial charge in [0.25, 0.3) is 6.43 Å².